The molecule has 1 saturated heterocycles. The van der Waals surface area contributed by atoms with Gasteiger partial charge in [-0.25, -0.2) is 8.42 Å². The van der Waals surface area contributed by atoms with E-state index in [4.69, 9.17) is 9.47 Å². The van der Waals surface area contributed by atoms with Crippen molar-refractivity contribution < 1.29 is 27.5 Å². The Kier molecular flexibility index (Phi) is 7.61. The molecule has 0 aromatic heterocycles. The Balaban J connectivity index is 1.74. The Hall–Kier alpha value is -2.95. The Labute approximate surface area is 181 Å². The SMILES string of the molecule is CCOCCOc1ccccc1C(=O)Nc1cccc(S(=O)(=O)N2CCNC(=O)C2)c1. The van der Waals surface area contributed by atoms with Crippen LogP contribution in [0.2, 0.25) is 0 Å². The summed E-state index contributed by atoms with van der Waals surface area (Å²) in [6.45, 7) is 3.38. The maximum absolute atomic E-state index is 12.9. The predicted octanol–water partition coefficient (Wildman–Crippen LogP) is 1.47. The van der Waals surface area contributed by atoms with Gasteiger partial charge in [-0.1, -0.05) is 18.2 Å². The van der Waals surface area contributed by atoms with Crippen molar-refractivity contribution in [2.45, 2.75) is 11.8 Å². The van der Waals surface area contributed by atoms with Gasteiger partial charge < -0.3 is 20.1 Å². The van der Waals surface area contributed by atoms with E-state index < -0.39 is 15.9 Å². The standard InChI is InChI=1S/C21H25N3O6S/c1-2-29-12-13-30-19-9-4-3-8-18(19)21(26)23-16-6-5-7-17(14-16)31(27,28)24-11-10-22-20(25)15-24/h3-9,14H,2,10-13,15H2,1H3,(H,22,25)(H,23,26). The monoisotopic (exact) mass is 447 g/mol. The number of amides is 2. The Morgan fingerprint density at radius 3 is 2.74 bits per heavy atom. The van der Waals surface area contributed by atoms with E-state index in [2.05, 4.69) is 10.6 Å². The molecule has 1 aliphatic rings. The average Bonchev–Trinajstić information content (AvgIpc) is 2.77. The van der Waals surface area contributed by atoms with Crippen LogP contribution in [0.15, 0.2) is 53.4 Å². The summed E-state index contributed by atoms with van der Waals surface area (Å²) in [5.41, 5.74) is 0.636. The van der Waals surface area contributed by atoms with E-state index in [1.54, 1.807) is 30.3 Å². The fraction of sp³-hybridized carbons (Fsp3) is 0.333. The first-order chi connectivity index (χ1) is 14.9. The fourth-order valence-electron chi connectivity index (χ4n) is 3.04. The number of para-hydroxylation sites is 1. The van der Waals surface area contributed by atoms with E-state index in [-0.39, 0.29) is 30.4 Å². The maximum Gasteiger partial charge on any atom is 0.259 e. The summed E-state index contributed by atoms with van der Waals surface area (Å²) < 4.78 is 37.7. The van der Waals surface area contributed by atoms with Gasteiger partial charge in [-0.3, -0.25) is 9.59 Å². The van der Waals surface area contributed by atoms with Crippen LogP contribution in [0.5, 0.6) is 5.75 Å². The number of rotatable bonds is 9. The molecule has 2 aromatic rings. The van der Waals surface area contributed by atoms with Crippen LogP contribution in [0.1, 0.15) is 17.3 Å². The van der Waals surface area contributed by atoms with Crippen molar-refractivity contribution in [1.82, 2.24) is 9.62 Å². The third-order valence-corrected chi connectivity index (χ3v) is 6.40. The Morgan fingerprint density at radius 2 is 1.97 bits per heavy atom. The molecule has 31 heavy (non-hydrogen) atoms. The van der Waals surface area contributed by atoms with Gasteiger partial charge in [0.25, 0.3) is 5.91 Å². The lowest BCUT2D eigenvalue weighted by molar-refractivity contribution is -0.122. The number of nitrogens with one attached hydrogen (secondary N) is 2. The fourth-order valence-corrected chi connectivity index (χ4v) is 4.48. The molecule has 166 valence electrons. The molecule has 2 N–H and O–H groups in total. The lowest BCUT2D eigenvalue weighted by atomic mass is 10.2. The molecule has 1 aliphatic heterocycles. The highest BCUT2D eigenvalue weighted by Gasteiger charge is 2.29. The molecule has 1 fully saturated rings. The molecule has 0 spiro atoms. The van der Waals surface area contributed by atoms with Crippen LogP contribution in [0, 0.1) is 0 Å². The summed E-state index contributed by atoms with van der Waals surface area (Å²) in [5.74, 6) is -0.373. The number of sulfonamides is 1. The van der Waals surface area contributed by atoms with Crippen molar-refractivity contribution >= 4 is 27.5 Å². The molecule has 0 radical (unpaired) electrons. The van der Waals surface area contributed by atoms with E-state index in [0.29, 0.717) is 36.8 Å². The highest BCUT2D eigenvalue weighted by molar-refractivity contribution is 7.89. The summed E-state index contributed by atoms with van der Waals surface area (Å²) in [6.07, 6.45) is 0. The molecule has 10 heteroatoms. The molecule has 0 saturated carbocycles. The van der Waals surface area contributed by atoms with Crippen molar-refractivity contribution in [1.29, 1.82) is 0 Å². The summed E-state index contributed by atoms with van der Waals surface area (Å²) in [4.78, 5) is 24.4. The van der Waals surface area contributed by atoms with Gasteiger partial charge in [0.2, 0.25) is 15.9 Å². The van der Waals surface area contributed by atoms with Gasteiger partial charge in [0, 0.05) is 25.4 Å². The van der Waals surface area contributed by atoms with Crippen LogP contribution < -0.4 is 15.4 Å². The second-order valence-corrected chi connectivity index (χ2v) is 8.65. The average molecular weight is 448 g/mol. The van der Waals surface area contributed by atoms with Crippen LogP contribution in [0.3, 0.4) is 0 Å². The van der Waals surface area contributed by atoms with E-state index in [0.717, 1.165) is 4.31 Å². The lowest BCUT2D eigenvalue weighted by Gasteiger charge is -2.26. The highest BCUT2D eigenvalue weighted by Crippen LogP contribution is 2.23. The number of benzene rings is 2. The number of carbonyl (C=O) groups excluding carboxylic acids is 2. The molecule has 3 rings (SSSR count). The third kappa shape index (κ3) is 5.81. The molecular weight excluding hydrogens is 422 g/mol. The van der Waals surface area contributed by atoms with Crippen molar-refractivity contribution in [3.05, 3.63) is 54.1 Å². The predicted molar refractivity (Wildman–Crippen MR) is 115 cm³/mol. The van der Waals surface area contributed by atoms with Gasteiger partial charge in [0.1, 0.15) is 12.4 Å². The van der Waals surface area contributed by atoms with Crippen molar-refractivity contribution in [3.63, 3.8) is 0 Å². The van der Waals surface area contributed by atoms with Gasteiger partial charge >= 0.3 is 0 Å². The molecule has 1 heterocycles. The maximum atomic E-state index is 12.9. The number of nitrogens with zero attached hydrogens (tertiary/aromatic N) is 1. The summed E-state index contributed by atoms with van der Waals surface area (Å²) in [7, 11) is -3.86. The van der Waals surface area contributed by atoms with E-state index in [1.165, 1.54) is 18.2 Å². The largest absolute Gasteiger partial charge is 0.490 e. The molecule has 2 aromatic carbocycles. The number of piperazine rings is 1. The molecule has 2 amide bonds. The number of hydrogen-bond acceptors (Lipinski definition) is 6. The first kappa shape index (κ1) is 22.7. The van der Waals surface area contributed by atoms with Crippen molar-refractivity contribution in [2.24, 2.45) is 0 Å². The first-order valence-electron chi connectivity index (χ1n) is 9.89. The quantitative estimate of drug-likeness (QED) is 0.563. The topological polar surface area (TPSA) is 114 Å². The second-order valence-electron chi connectivity index (χ2n) is 6.71. The smallest absolute Gasteiger partial charge is 0.259 e. The molecule has 9 nitrogen and oxygen atoms in total. The van der Waals surface area contributed by atoms with E-state index in [9.17, 15) is 18.0 Å². The summed E-state index contributed by atoms with van der Waals surface area (Å²) in [5, 5.41) is 5.31. The minimum atomic E-state index is -3.86. The Bertz CT molecular complexity index is 1040. The van der Waals surface area contributed by atoms with Crippen LogP contribution in [-0.2, 0) is 19.6 Å². The van der Waals surface area contributed by atoms with Crippen molar-refractivity contribution in [3.8, 4) is 5.75 Å². The van der Waals surface area contributed by atoms with Gasteiger partial charge in [-0.05, 0) is 37.3 Å². The zero-order valence-electron chi connectivity index (χ0n) is 17.2. The molecule has 0 bridgehead atoms. The molecule has 0 aliphatic carbocycles. The lowest BCUT2D eigenvalue weighted by Crippen LogP contribution is -2.49. The van der Waals surface area contributed by atoms with E-state index in [1.807, 2.05) is 6.92 Å². The number of ether oxygens (including phenoxy) is 2. The van der Waals surface area contributed by atoms with Crippen LogP contribution >= 0.6 is 0 Å². The number of carbonyl (C=O) groups is 2. The second kappa shape index (κ2) is 10.4. The molecular formula is C21H25N3O6S. The minimum absolute atomic E-state index is 0.00116. The highest BCUT2D eigenvalue weighted by atomic mass is 32.2. The van der Waals surface area contributed by atoms with Gasteiger partial charge in [-0.2, -0.15) is 4.31 Å². The van der Waals surface area contributed by atoms with Gasteiger partial charge in [0.05, 0.1) is 23.6 Å². The Morgan fingerprint density at radius 1 is 1.16 bits per heavy atom. The molecule has 0 atom stereocenters. The summed E-state index contributed by atoms with van der Waals surface area (Å²) >= 11 is 0. The van der Waals surface area contributed by atoms with E-state index >= 15 is 0 Å². The van der Waals surface area contributed by atoms with Gasteiger partial charge in [-0.15, -0.1) is 0 Å². The van der Waals surface area contributed by atoms with Crippen LogP contribution in [0.25, 0.3) is 0 Å². The zero-order chi connectivity index (χ0) is 22.3. The van der Waals surface area contributed by atoms with Crippen molar-refractivity contribution in [2.75, 3.05) is 44.8 Å². The number of anilines is 1. The first-order valence-corrected chi connectivity index (χ1v) is 11.3. The van der Waals surface area contributed by atoms with Crippen LogP contribution in [-0.4, -0.2) is 64.0 Å². The summed E-state index contributed by atoms with van der Waals surface area (Å²) in [6, 6.07) is 12.7. The van der Waals surface area contributed by atoms with Crippen LogP contribution in [0.4, 0.5) is 5.69 Å². The third-order valence-electron chi connectivity index (χ3n) is 4.55. The molecule has 0 unspecified atom stereocenters. The zero-order valence-corrected chi connectivity index (χ0v) is 18.0. The van der Waals surface area contributed by atoms with Gasteiger partial charge in [0.15, 0.2) is 0 Å². The normalized spacial score (nSPS) is 14.7. The number of hydrogen-bond donors (Lipinski definition) is 2. The minimum Gasteiger partial charge on any atom is -0.490 e.